The highest BCUT2D eigenvalue weighted by atomic mass is 32.2. The quantitative estimate of drug-likeness (QED) is 0.786. The number of nitrogens with one attached hydrogen (secondary N) is 1. The number of hydrogen-bond acceptors (Lipinski definition) is 5. The molecule has 1 N–H and O–H groups in total. The summed E-state index contributed by atoms with van der Waals surface area (Å²) in [7, 11) is -3.50. The molecule has 156 valence electrons. The average Bonchev–Trinajstić information content (AvgIpc) is 3.17. The van der Waals surface area contributed by atoms with Crippen LogP contribution in [0.1, 0.15) is 47.5 Å². The molecule has 1 aromatic carbocycles. The first kappa shape index (κ1) is 20.5. The minimum Gasteiger partial charge on any atom is -0.349 e. The lowest BCUT2D eigenvalue weighted by Crippen LogP contribution is -2.42. The van der Waals surface area contributed by atoms with E-state index in [1.54, 1.807) is 6.07 Å². The molecule has 0 saturated carbocycles. The van der Waals surface area contributed by atoms with Gasteiger partial charge in [0, 0.05) is 30.1 Å². The van der Waals surface area contributed by atoms with Gasteiger partial charge in [0.15, 0.2) is 0 Å². The van der Waals surface area contributed by atoms with Crippen molar-refractivity contribution in [3.05, 3.63) is 45.4 Å². The standard InChI is InChI=1S/C21H27N3O3S2/c1-15-14-28-20(23-15)13-22-21(25)17-8-10-24(11-9-17)29(26,27)19-7-6-16-4-2-3-5-18(16)12-19/h6-7,12,14,17H,2-5,8-11,13H2,1H3,(H,22,25). The predicted molar refractivity (Wildman–Crippen MR) is 113 cm³/mol. The third kappa shape index (κ3) is 4.54. The number of carbonyl (C=O) groups excluding carboxylic acids is 1. The van der Waals surface area contributed by atoms with Crippen LogP contribution in [-0.2, 0) is 34.2 Å². The molecule has 4 rings (SSSR count). The van der Waals surface area contributed by atoms with Crippen molar-refractivity contribution >= 4 is 27.3 Å². The lowest BCUT2D eigenvalue weighted by Gasteiger charge is -2.30. The summed E-state index contributed by atoms with van der Waals surface area (Å²) in [6, 6.07) is 5.58. The van der Waals surface area contributed by atoms with Crippen LogP contribution in [0.25, 0.3) is 0 Å². The zero-order valence-corrected chi connectivity index (χ0v) is 18.3. The second kappa shape index (κ2) is 8.53. The Bertz CT molecular complexity index is 992. The first-order valence-electron chi connectivity index (χ1n) is 10.2. The Balaban J connectivity index is 1.35. The summed E-state index contributed by atoms with van der Waals surface area (Å²) in [6.07, 6.45) is 5.39. The van der Waals surface area contributed by atoms with Gasteiger partial charge >= 0.3 is 0 Å². The lowest BCUT2D eigenvalue weighted by molar-refractivity contribution is -0.126. The number of fused-ring (bicyclic) bond motifs is 1. The maximum atomic E-state index is 13.1. The van der Waals surface area contributed by atoms with Crippen LogP contribution in [0.4, 0.5) is 0 Å². The molecule has 1 aromatic heterocycles. The number of rotatable bonds is 5. The van der Waals surface area contributed by atoms with Gasteiger partial charge in [-0.25, -0.2) is 13.4 Å². The number of piperidine rings is 1. The van der Waals surface area contributed by atoms with Crippen LogP contribution in [0.5, 0.6) is 0 Å². The number of amides is 1. The number of hydrogen-bond donors (Lipinski definition) is 1. The van der Waals surface area contributed by atoms with Gasteiger partial charge in [0.1, 0.15) is 5.01 Å². The largest absolute Gasteiger partial charge is 0.349 e. The molecule has 2 aliphatic rings. The highest BCUT2D eigenvalue weighted by Gasteiger charge is 2.32. The van der Waals surface area contributed by atoms with Crippen LogP contribution in [0.3, 0.4) is 0 Å². The SMILES string of the molecule is Cc1csc(CNC(=O)C2CCN(S(=O)(=O)c3ccc4c(c3)CCCC4)CC2)n1. The van der Waals surface area contributed by atoms with E-state index in [2.05, 4.69) is 10.3 Å². The molecular formula is C21H27N3O3S2. The van der Waals surface area contributed by atoms with Crippen LogP contribution in [-0.4, -0.2) is 36.7 Å². The van der Waals surface area contributed by atoms with Crippen LogP contribution >= 0.6 is 11.3 Å². The summed E-state index contributed by atoms with van der Waals surface area (Å²) in [5, 5.41) is 5.80. The maximum absolute atomic E-state index is 13.1. The van der Waals surface area contributed by atoms with E-state index in [1.165, 1.54) is 33.2 Å². The van der Waals surface area contributed by atoms with Crippen molar-refractivity contribution in [1.29, 1.82) is 0 Å². The van der Waals surface area contributed by atoms with Gasteiger partial charge in [0.2, 0.25) is 15.9 Å². The van der Waals surface area contributed by atoms with Crippen LogP contribution in [0, 0.1) is 12.8 Å². The third-order valence-corrected chi connectivity index (χ3v) is 8.72. The Kier molecular flexibility index (Phi) is 6.03. The Labute approximate surface area is 176 Å². The minimum atomic E-state index is -3.50. The first-order chi connectivity index (χ1) is 13.9. The highest BCUT2D eigenvalue weighted by molar-refractivity contribution is 7.89. The van der Waals surface area contributed by atoms with Crippen molar-refractivity contribution in [1.82, 2.24) is 14.6 Å². The van der Waals surface area contributed by atoms with Crippen molar-refractivity contribution in [3.8, 4) is 0 Å². The summed E-state index contributed by atoms with van der Waals surface area (Å²) in [6.45, 7) is 3.13. The normalized spacial score (nSPS) is 18.4. The van der Waals surface area contributed by atoms with Gasteiger partial charge in [-0.15, -0.1) is 11.3 Å². The molecule has 8 heteroatoms. The fraction of sp³-hybridized carbons (Fsp3) is 0.524. The topological polar surface area (TPSA) is 79.4 Å². The Morgan fingerprint density at radius 1 is 1.21 bits per heavy atom. The predicted octanol–water partition coefficient (Wildman–Crippen LogP) is 3.05. The summed E-state index contributed by atoms with van der Waals surface area (Å²) >= 11 is 1.54. The van der Waals surface area contributed by atoms with Gasteiger partial charge in [0.05, 0.1) is 11.4 Å². The molecule has 0 radical (unpaired) electrons. The summed E-state index contributed by atoms with van der Waals surface area (Å²) in [5.41, 5.74) is 3.41. The van der Waals surface area contributed by atoms with E-state index in [-0.39, 0.29) is 11.8 Å². The molecule has 1 aliphatic carbocycles. The average molecular weight is 434 g/mol. The number of thiazole rings is 1. The van der Waals surface area contributed by atoms with Crippen LogP contribution in [0.2, 0.25) is 0 Å². The smallest absolute Gasteiger partial charge is 0.243 e. The Hall–Kier alpha value is -1.77. The molecule has 0 atom stereocenters. The Morgan fingerprint density at radius 2 is 1.93 bits per heavy atom. The number of nitrogens with zero attached hydrogens (tertiary/aromatic N) is 2. The van der Waals surface area contributed by atoms with Crippen molar-refractivity contribution < 1.29 is 13.2 Å². The fourth-order valence-corrected chi connectivity index (χ4v) is 6.40. The number of sulfonamides is 1. The third-order valence-electron chi connectivity index (χ3n) is 5.86. The molecule has 1 amide bonds. The van der Waals surface area contributed by atoms with E-state index < -0.39 is 10.0 Å². The molecule has 2 heterocycles. The fourth-order valence-electron chi connectivity index (χ4n) is 4.17. The first-order valence-corrected chi connectivity index (χ1v) is 12.6. The van der Waals surface area contributed by atoms with E-state index >= 15 is 0 Å². The molecule has 6 nitrogen and oxygen atoms in total. The molecular weight excluding hydrogens is 406 g/mol. The van der Waals surface area contributed by atoms with Crippen molar-refractivity contribution in [2.45, 2.75) is 56.9 Å². The van der Waals surface area contributed by atoms with E-state index in [1.807, 2.05) is 24.4 Å². The summed E-state index contributed by atoms with van der Waals surface area (Å²) in [5.74, 6) is -0.158. The molecule has 1 saturated heterocycles. The second-order valence-corrected chi connectivity index (χ2v) is 10.8. The Morgan fingerprint density at radius 3 is 2.62 bits per heavy atom. The number of benzene rings is 1. The highest BCUT2D eigenvalue weighted by Crippen LogP contribution is 2.28. The van der Waals surface area contributed by atoms with E-state index in [0.717, 1.165) is 30.0 Å². The van der Waals surface area contributed by atoms with Gasteiger partial charge in [-0.1, -0.05) is 6.07 Å². The second-order valence-electron chi connectivity index (χ2n) is 7.92. The van der Waals surface area contributed by atoms with Gasteiger partial charge in [-0.05, 0) is 68.7 Å². The van der Waals surface area contributed by atoms with E-state index in [9.17, 15) is 13.2 Å². The summed E-state index contributed by atoms with van der Waals surface area (Å²) < 4.78 is 27.7. The molecule has 1 fully saturated rings. The molecule has 0 spiro atoms. The van der Waals surface area contributed by atoms with Crippen molar-refractivity contribution in [2.24, 2.45) is 5.92 Å². The van der Waals surface area contributed by atoms with Crippen molar-refractivity contribution in [2.75, 3.05) is 13.1 Å². The molecule has 1 aliphatic heterocycles. The molecule has 29 heavy (non-hydrogen) atoms. The molecule has 0 unspecified atom stereocenters. The van der Waals surface area contributed by atoms with E-state index in [0.29, 0.717) is 37.4 Å². The molecule has 2 aromatic rings. The van der Waals surface area contributed by atoms with E-state index in [4.69, 9.17) is 0 Å². The molecule has 0 bridgehead atoms. The number of aryl methyl sites for hydroxylation is 3. The number of carbonyl (C=O) groups is 1. The van der Waals surface area contributed by atoms with Gasteiger partial charge in [-0.3, -0.25) is 4.79 Å². The van der Waals surface area contributed by atoms with Gasteiger partial charge < -0.3 is 5.32 Å². The monoisotopic (exact) mass is 433 g/mol. The van der Waals surface area contributed by atoms with Crippen LogP contribution in [0.15, 0.2) is 28.5 Å². The summed E-state index contributed by atoms with van der Waals surface area (Å²) in [4.78, 5) is 17.2. The minimum absolute atomic E-state index is 0.0105. The maximum Gasteiger partial charge on any atom is 0.243 e. The van der Waals surface area contributed by atoms with Gasteiger partial charge in [0.25, 0.3) is 0 Å². The van der Waals surface area contributed by atoms with Crippen LogP contribution < -0.4 is 5.32 Å². The number of aromatic nitrogens is 1. The van der Waals surface area contributed by atoms with Gasteiger partial charge in [-0.2, -0.15) is 4.31 Å². The zero-order valence-electron chi connectivity index (χ0n) is 16.7. The zero-order chi connectivity index (χ0) is 20.4. The lowest BCUT2D eigenvalue weighted by atomic mass is 9.92. The van der Waals surface area contributed by atoms with Crippen molar-refractivity contribution in [3.63, 3.8) is 0 Å².